The Morgan fingerprint density at radius 3 is 2.55 bits per heavy atom. The second-order valence-electron chi connectivity index (χ2n) is 6.09. The fourth-order valence-electron chi connectivity index (χ4n) is 2.39. The Bertz CT molecular complexity index is 785. The van der Waals surface area contributed by atoms with Crippen molar-refractivity contribution >= 4 is 23.4 Å². The van der Waals surface area contributed by atoms with Crippen LogP contribution in [0.4, 0.5) is 19.0 Å². The molecule has 3 rings (SSSR count). The fraction of sp³-hybridized carbons (Fsp3) is 0.389. The summed E-state index contributed by atoms with van der Waals surface area (Å²) in [6.07, 6.45) is -1.24. The van der Waals surface area contributed by atoms with Gasteiger partial charge in [-0.25, -0.2) is 4.79 Å². The maximum absolute atomic E-state index is 10.6. The second kappa shape index (κ2) is 10.8. The van der Waals surface area contributed by atoms with Crippen LogP contribution in [0.1, 0.15) is 18.5 Å². The standard InChI is InChI=1S/C16H19ClN4O.C2HF3O2/c17-12-4-5-14(19-10-12)11-22-16-3-1-2-15(21-16)20-13-6-8-18-9-7-13;3-2(4,5)1(6)7/h1-5,10,13,18H,6-9,11H2,(H,20,21);(H,6,7). The summed E-state index contributed by atoms with van der Waals surface area (Å²) in [5.74, 6) is -1.31. The Balaban J connectivity index is 0.000000370. The summed E-state index contributed by atoms with van der Waals surface area (Å²) in [6, 6.07) is 9.89. The quantitative estimate of drug-likeness (QED) is 0.665. The summed E-state index contributed by atoms with van der Waals surface area (Å²) in [7, 11) is 0. The van der Waals surface area contributed by atoms with Gasteiger partial charge in [0.1, 0.15) is 12.4 Å². The van der Waals surface area contributed by atoms with Crippen molar-refractivity contribution in [3.8, 4) is 5.88 Å². The molecule has 0 bridgehead atoms. The van der Waals surface area contributed by atoms with Crippen molar-refractivity contribution in [2.75, 3.05) is 18.4 Å². The first-order valence-electron chi connectivity index (χ1n) is 8.71. The minimum Gasteiger partial charge on any atom is -0.475 e. The van der Waals surface area contributed by atoms with E-state index in [9.17, 15) is 13.2 Å². The zero-order chi connectivity index (χ0) is 21.3. The van der Waals surface area contributed by atoms with Crippen LogP contribution in [-0.4, -0.2) is 46.4 Å². The molecule has 0 spiro atoms. The number of nitrogens with zero attached hydrogens (tertiary/aromatic N) is 2. The van der Waals surface area contributed by atoms with Gasteiger partial charge in [-0.05, 0) is 44.1 Å². The van der Waals surface area contributed by atoms with E-state index >= 15 is 0 Å². The van der Waals surface area contributed by atoms with Gasteiger partial charge in [-0.1, -0.05) is 17.7 Å². The van der Waals surface area contributed by atoms with Crippen molar-refractivity contribution < 1.29 is 27.8 Å². The molecule has 3 N–H and O–H groups in total. The van der Waals surface area contributed by atoms with Gasteiger partial charge in [0.15, 0.2) is 0 Å². The summed E-state index contributed by atoms with van der Waals surface area (Å²) in [6.45, 7) is 2.48. The van der Waals surface area contributed by atoms with Crippen molar-refractivity contribution in [1.29, 1.82) is 0 Å². The molecule has 3 heterocycles. The van der Waals surface area contributed by atoms with E-state index in [1.165, 1.54) is 0 Å². The first-order chi connectivity index (χ1) is 13.7. The third-order valence-electron chi connectivity index (χ3n) is 3.81. The first-order valence-corrected chi connectivity index (χ1v) is 9.09. The van der Waals surface area contributed by atoms with Crippen molar-refractivity contribution in [1.82, 2.24) is 15.3 Å². The summed E-state index contributed by atoms with van der Waals surface area (Å²) in [4.78, 5) is 17.6. The molecule has 7 nitrogen and oxygen atoms in total. The van der Waals surface area contributed by atoms with E-state index < -0.39 is 12.1 Å². The maximum Gasteiger partial charge on any atom is 0.490 e. The van der Waals surface area contributed by atoms with Gasteiger partial charge in [0.25, 0.3) is 0 Å². The van der Waals surface area contributed by atoms with Crippen molar-refractivity contribution in [2.24, 2.45) is 0 Å². The number of ether oxygens (including phenoxy) is 1. The Kier molecular flexibility index (Phi) is 8.47. The summed E-state index contributed by atoms with van der Waals surface area (Å²) in [5, 5.41) is 14.6. The summed E-state index contributed by atoms with van der Waals surface area (Å²) < 4.78 is 37.4. The number of piperidine rings is 1. The average molecular weight is 433 g/mol. The highest BCUT2D eigenvalue weighted by molar-refractivity contribution is 6.30. The lowest BCUT2D eigenvalue weighted by atomic mass is 10.1. The van der Waals surface area contributed by atoms with Crippen LogP contribution in [0.3, 0.4) is 0 Å². The molecule has 1 saturated heterocycles. The van der Waals surface area contributed by atoms with Crippen LogP contribution in [0.5, 0.6) is 5.88 Å². The van der Waals surface area contributed by atoms with Crippen molar-refractivity contribution in [3.63, 3.8) is 0 Å². The number of carboxylic acids is 1. The monoisotopic (exact) mass is 432 g/mol. The van der Waals surface area contributed by atoms with E-state index in [0.717, 1.165) is 37.4 Å². The number of aliphatic carboxylic acids is 1. The fourth-order valence-corrected chi connectivity index (χ4v) is 2.50. The predicted octanol–water partition coefficient (Wildman–Crippen LogP) is 3.51. The van der Waals surface area contributed by atoms with Crippen LogP contribution in [0.2, 0.25) is 5.02 Å². The lowest BCUT2D eigenvalue weighted by Gasteiger charge is -2.24. The summed E-state index contributed by atoms with van der Waals surface area (Å²) >= 11 is 5.81. The molecule has 0 atom stereocenters. The molecule has 1 fully saturated rings. The van der Waals surface area contributed by atoms with Crippen LogP contribution in [0.25, 0.3) is 0 Å². The molecule has 0 radical (unpaired) electrons. The highest BCUT2D eigenvalue weighted by Crippen LogP contribution is 2.16. The average Bonchev–Trinajstić information content (AvgIpc) is 2.68. The van der Waals surface area contributed by atoms with Crippen LogP contribution in [0, 0.1) is 0 Å². The zero-order valence-corrected chi connectivity index (χ0v) is 16.0. The van der Waals surface area contributed by atoms with Crippen molar-refractivity contribution in [3.05, 3.63) is 47.2 Å². The van der Waals surface area contributed by atoms with E-state index in [2.05, 4.69) is 20.6 Å². The van der Waals surface area contributed by atoms with E-state index in [-0.39, 0.29) is 0 Å². The smallest absolute Gasteiger partial charge is 0.475 e. The summed E-state index contributed by atoms with van der Waals surface area (Å²) in [5.41, 5.74) is 0.822. The number of alkyl halides is 3. The number of aromatic nitrogens is 2. The molecular weight excluding hydrogens is 413 g/mol. The predicted molar refractivity (Wildman–Crippen MR) is 101 cm³/mol. The van der Waals surface area contributed by atoms with E-state index in [0.29, 0.717) is 23.6 Å². The molecule has 0 saturated carbocycles. The maximum atomic E-state index is 10.6. The first kappa shape index (κ1) is 22.7. The Morgan fingerprint density at radius 1 is 1.28 bits per heavy atom. The van der Waals surface area contributed by atoms with Crippen LogP contribution < -0.4 is 15.4 Å². The van der Waals surface area contributed by atoms with E-state index in [1.54, 1.807) is 12.3 Å². The van der Waals surface area contributed by atoms with Gasteiger partial charge in [-0.2, -0.15) is 18.2 Å². The SMILES string of the molecule is Clc1ccc(COc2cccc(NC3CCNCC3)n2)nc1.O=C(O)C(F)(F)F. The van der Waals surface area contributed by atoms with Crippen LogP contribution in [0.15, 0.2) is 36.5 Å². The van der Waals surface area contributed by atoms with Gasteiger partial charge >= 0.3 is 12.1 Å². The second-order valence-corrected chi connectivity index (χ2v) is 6.53. The largest absolute Gasteiger partial charge is 0.490 e. The zero-order valence-electron chi connectivity index (χ0n) is 15.2. The molecule has 1 aliphatic rings. The third-order valence-corrected chi connectivity index (χ3v) is 4.04. The number of anilines is 1. The van der Waals surface area contributed by atoms with Crippen LogP contribution >= 0.6 is 11.6 Å². The normalized spacial score (nSPS) is 14.5. The Hall–Kier alpha value is -2.59. The van der Waals surface area contributed by atoms with Gasteiger partial charge in [0.05, 0.1) is 10.7 Å². The lowest BCUT2D eigenvalue weighted by molar-refractivity contribution is -0.192. The van der Waals surface area contributed by atoms with Gasteiger partial charge in [0, 0.05) is 18.3 Å². The molecule has 0 amide bonds. The number of carboxylic acid groups (broad SMARTS) is 1. The van der Waals surface area contributed by atoms with E-state index in [1.807, 2.05) is 24.3 Å². The molecule has 2 aromatic heterocycles. The molecule has 158 valence electrons. The highest BCUT2D eigenvalue weighted by atomic mass is 35.5. The van der Waals surface area contributed by atoms with Gasteiger partial charge in [0.2, 0.25) is 5.88 Å². The van der Waals surface area contributed by atoms with Crippen molar-refractivity contribution in [2.45, 2.75) is 31.7 Å². The van der Waals surface area contributed by atoms with Gasteiger partial charge in [-0.3, -0.25) is 4.98 Å². The number of rotatable bonds is 5. The van der Waals surface area contributed by atoms with E-state index in [4.69, 9.17) is 26.2 Å². The molecule has 29 heavy (non-hydrogen) atoms. The number of nitrogens with one attached hydrogen (secondary N) is 2. The Labute approximate surface area is 170 Å². The Morgan fingerprint density at radius 2 is 1.97 bits per heavy atom. The molecule has 11 heteroatoms. The topological polar surface area (TPSA) is 96.4 Å². The van der Waals surface area contributed by atoms with Crippen LogP contribution in [-0.2, 0) is 11.4 Å². The molecule has 2 aromatic rings. The number of pyridine rings is 2. The molecule has 0 aromatic carbocycles. The van der Waals surface area contributed by atoms with Gasteiger partial charge in [-0.15, -0.1) is 0 Å². The highest BCUT2D eigenvalue weighted by Gasteiger charge is 2.38. The third kappa shape index (κ3) is 8.53. The minimum absolute atomic E-state index is 0.376. The number of hydrogen-bond donors (Lipinski definition) is 3. The molecule has 0 unspecified atom stereocenters. The number of carbonyl (C=O) groups is 1. The number of hydrogen-bond acceptors (Lipinski definition) is 6. The van der Waals surface area contributed by atoms with Gasteiger partial charge < -0.3 is 20.5 Å². The lowest BCUT2D eigenvalue weighted by Crippen LogP contribution is -2.35. The molecule has 1 aliphatic heterocycles. The minimum atomic E-state index is -5.08. The molecule has 0 aliphatic carbocycles. The molecular formula is C18H20ClF3N4O3. The number of halogens is 4.